The van der Waals surface area contributed by atoms with Crippen LogP contribution in [0.15, 0.2) is 53.4 Å². The van der Waals surface area contributed by atoms with Crippen LogP contribution in [0, 0.1) is 0 Å². The Balaban J connectivity index is 2.34. The molecule has 0 aliphatic carbocycles. The second-order valence-electron chi connectivity index (χ2n) is 4.03. The Morgan fingerprint density at radius 3 is 2.50 bits per heavy atom. The van der Waals surface area contributed by atoms with Gasteiger partial charge in [-0.05, 0) is 30.7 Å². The molecule has 0 aliphatic heterocycles. The molecule has 0 bridgehead atoms. The van der Waals surface area contributed by atoms with Crippen LogP contribution in [0.5, 0.6) is 0 Å². The van der Waals surface area contributed by atoms with Gasteiger partial charge in [-0.15, -0.1) is 0 Å². The molecule has 18 heavy (non-hydrogen) atoms. The van der Waals surface area contributed by atoms with E-state index in [4.69, 9.17) is 17.3 Å². The van der Waals surface area contributed by atoms with Gasteiger partial charge in [-0.1, -0.05) is 41.9 Å². The fraction of sp³-hybridized carbons (Fsp3) is 0.143. The molecule has 4 heteroatoms. The van der Waals surface area contributed by atoms with Gasteiger partial charge < -0.3 is 5.73 Å². The first kappa shape index (κ1) is 13.1. The third kappa shape index (κ3) is 2.74. The summed E-state index contributed by atoms with van der Waals surface area (Å²) in [4.78, 5) is 0.596. The fourth-order valence-electron chi connectivity index (χ4n) is 1.72. The number of halogens is 1. The second kappa shape index (κ2) is 5.55. The lowest BCUT2D eigenvalue weighted by atomic mass is 10.2. The molecule has 0 spiro atoms. The number of hydrogen-bond donors (Lipinski definition) is 1. The Labute approximate surface area is 114 Å². The maximum Gasteiger partial charge on any atom is 0.0638 e. The van der Waals surface area contributed by atoms with Gasteiger partial charge in [-0.25, -0.2) is 0 Å². The van der Waals surface area contributed by atoms with Gasteiger partial charge in [-0.2, -0.15) is 0 Å². The van der Waals surface area contributed by atoms with Crippen LogP contribution >= 0.6 is 11.6 Å². The average molecular weight is 280 g/mol. The highest BCUT2D eigenvalue weighted by Crippen LogP contribution is 2.29. The molecule has 0 aliphatic rings. The van der Waals surface area contributed by atoms with E-state index in [9.17, 15) is 4.21 Å². The van der Waals surface area contributed by atoms with E-state index in [0.717, 1.165) is 5.56 Å². The van der Waals surface area contributed by atoms with Gasteiger partial charge in [0.1, 0.15) is 0 Å². The van der Waals surface area contributed by atoms with Gasteiger partial charge in [0.05, 0.1) is 20.9 Å². The molecule has 2 rings (SSSR count). The lowest BCUT2D eigenvalue weighted by molar-refractivity contribution is 0.676. The zero-order chi connectivity index (χ0) is 13.1. The van der Waals surface area contributed by atoms with Crippen LogP contribution in [0.2, 0.25) is 5.02 Å². The molecule has 0 saturated carbocycles. The molecule has 0 amide bonds. The zero-order valence-electron chi connectivity index (χ0n) is 9.97. The molecule has 0 fully saturated rings. The van der Waals surface area contributed by atoms with Gasteiger partial charge in [0.2, 0.25) is 0 Å². The lowest BCUT2D eigenvalue weighted by Gasteiger charge is -2.13. The van der Waals surface area contributed by atoms with E-state index in [0.29, 0.717) is 15.6 Å². The van der Waals surface area contributed by atoms with Crippen molar-refractivity contribution in [3.05, 3.63) is 59.1 Å². The van der Waals surface area contributed by atoms with Crippen LogP contribution in [0.1, 0.15) is 17.7 Å². The molecule has 2 aromatic carbocycles. The number of anilines is 1. The van der Waals surface area contributed by atoms with Crippen molar-refractivity contribution in [2.24, 2.45) is 0 Å². The van der Waals surface area contributed by atoms with Gasteiger partial charge in [-0.3, -0.25) is 4.21 Å². The van der Waals surface area contributed by atoms with Crippen molar-refractivity contribution in [3.8, 4) is 0 Å². The third-order valence-corrected chi connectivity index (χ3v) is 4.72. The summed E-state index contributed by atoms with van der Waals surface area (Å²) < 4.78 is 12.5. The molecule has 0 aromatic heterocycles. The predicted molar refractivity (Wildman–Crippen MR) is 77.1 cm³/mol. The second-order valence-corrected chi connectivity index (χ2v) is 6.21. The van der Waals surface area contributed by atoms with Crippen LogP contribution in [0.3, 0.4) is 0 Å². The van der Waals surface area contributed by atoms with Crippen molar-refractivity contribution in [1.29, 1.82) is 0 Å². The van der Waals surface area contributed by atoms with Crippen molar-refractivity contribution < 1.29 is 4.21 Å². The van der Waals surface area contributed by atoms with Crippen LogP contribution in [0.25, 0.3) is 0 Å². The van der Waals surface area contributed by atoms with Crippen LogP contribution in [-0.4, -0.2) is 4.21 Å². The summed E-state index contributed by atoms with van der Waals surface area (Å²) in [6.45, 7) is 1.92. The number of nitrogens with two attached hydrogens (primary N) is 1. The third-order valence-electron chi connectivity index (χ3n) is 2.78. The van der Waals surface area contributed by atoms with Gasteiger partial charge >= 0.3 is 0 Å². The van der Waals surface area contributed by atoms with E-state index in [2.05, 4.69) is 0 Å². The Morgan fingerprint density at radius 1 is 1.17 bits per heavy atom. The maximum absolute atomic E-state index is 12.5. The number of rotatable bonds is 3. The van der Waals surface area contributed by atoms with Crippen molar-refractivity contribution in [2.75, 3.05) is 5.73 Å². The lowest BCUT2D eigenvalue weighted by Crippen LogP contribution is -2.05. The van der Waals surface area contributed by atoms with Gasteiger partial charge in [0.25, 0.3) is 0 Å². The van der Waals surface area contributed by atoms with Crippen molar-refractivity contribution >= 4 is 28.1 Å². The van der Waals surface area contributed by atoms with Gasteiger partial charge in [0, 0.05) is 10.7 Å². The van der Waals surface area contributed by atoms with E-state index in [-0.39, 0.29) is 5.25 Å². The molecule has 2 nitrogen and oxygen atoms in total. The fourth-order valence-corrected chi connectivity index (χ4v) is 3.29. The first-order chi connectivity index (χ1) is 8.59. The minimum atomic E-state index is -1.21. The molecular weight excluding hydrogens is 266 g/mol. The molecule has 2 N–H and O–H groups in total. The first-order valence-corrected chi connectivity index (χ1v) is 7.19. The van der Waals surface area contributed by atoms with Crippen LogP contribution in [-0.2, 0) is 10.8 Å². The van der Waals surface area contributed by atoms with E-state index < -0.39 is 10.8 Å². The zero-order valence-corrected chi connectivity index (χ0v) is 11.5. The minimum absolute atomic E-state index is 0.119. The molecule has 2 aromatic rings. The summed E-state index contributed by atoms with van der Waals surface area (Å²) >= 11 is 5.92. The summed E-state index contributed by atoms with van der Waals surface area (Å²) in [7, 11) is -1.21. The van der Waals surface area contributed by atoms with Crippen molar-refractivity contribution in [2.45, 2.75) is 17.1 Å². The minimum Gasteiger partial charge on any atom is -0.398 e. The largest absolute Gasteiger partial charge is 0.398 e. The summed E-state index contributed by atoms with van der Waals surface area (Å²) in [5.41, 5.74) is 7.39. The monoisotopic (exact) mass is 279 g/mol. The topological polar surface area (TPSA) is 43.1 Å². The summed E-state index contributed by atoms with van der Waals surface area (Å²) in [6, 6.07) is 14.8. The van der Waals surface area contributed by atoms with E-state index in [1.165, 1.54) is 0 Å². The quantitative estimate of drug-likeness (QED) is 0.869. The van der Waals surface area contributed by atoms with E-state index in [1.54, 1.807) is 18.2 Å². The SMILES string of the molecule is CC(c1ccccc1)S(=O)c1cc(Cl)ccc1N. The van der Waals surface area contributed by atoms with Crippen LogP contribution < -0.4 is 5.73 Å². The van der Waals surface area contributed by atoms with E-state index >= 15 is 0 Å². The smallest absolute Gasteiger partial charge is 0.0638 e. The Kier molecular flexibility index (Phi) is 4.04. The number of benzene rings is 2. The standard InChI is InChI=1S/C14H14ClNOS/c1-10(11-5-3-2-4-6-11)18(17)14-9-12(15)7-8-13(14)16/h2-10H,16H2,1H3. The molecule has 2 atom stereocenters. The molecule has 0 heterocycles. The summed E-state index contributed by atoms with van der Waals surface area (Å²) in [6.07, 6.45) is 0. The normalized spacial score (nSPS) is 14.1. The highest BCUT2D eigenvalue weighted by molar-refractivity contribution is 7.85. The molecule has 0 radical (unpaired) electrons. The summed E-state index contributed by atoms with van der Waals surface area (Å²) in [5.74, 6) is 0. The van der Waals surface area contributed by atoms with Crippen molar-refractivity contribution in [1.82, 2.24) is 0 Å². The predicted octanol–water partition coefficient (Wildman–Crippen LogP) is 3.79. The summed E-state index contributed by atoms with van der Waals surface area (Å²) in [5, 5.41) is 0.430. The molecular formula is C14H14ClNOS. The molecule has 2 unspecified atom stereocenters. The van der Waals surface area contributed by atoms with Crippen LogP contribution in [0.4, 0.5) is 5.69 Å². The first-order valence-electron chi connectivity index (χ1n) is 5.60. The van der Waals surface area contributed by atoms with E-state index in [1.807, 2.05) is 37.3 Å². The maximum atomic E-state index is 12.5. The Bertz CT molecular complexity index is 571. The Morgan fingerprint density at radius 2 is 1.83 bits per heavy atom. The Hall–Kier alpha value is -1.32. The molecule has 0 saturated heterocycles. The number of nitrogen functional groups attached to an aromatic ring is 1. The van der Waals surface area contributed by atoms with Crippen molar-refractivity contribution in [3.63, 3.8) is 0 Å². The highest BCUT2D eigenvalue weighted by Gasteiger charge is 2.17. The highest BCUT2D eigenvalue weighted by atomic mass is 35.5. The molecule has 94 valence electrons. The van der Waals surface area contributed by atoms with Gasteiger partial charge in [0.15, 0.2) is 0 Å². The number of hydrogen-bond acceptors (Lipinski definition) is 2. The average Bonchev–Trinajstić information content (AvgIpc) is 2.41.